The van der Waals surface area contributed by atoms with Crippen LogP contribution in [0.4, 0.5) is 4.39 Å². The lowest BCUT2D eigenvalue weighted by Crippen LogP contribution is -2.67. The van der Waals surface area contributed by atoms with Gasteiger partial charge in [0.15, 0.2) is 0 Å². The minimum Gasteiger partial charge on any atom is -0.395 e. The molecule has 2 aliphatic rings. The Morgan fingerprint density at radius 3 is 2.32 bits per heavy atom. The van der Waals surface area contributed by atoms with E-state index in [1.165, 1.54) is 22.5 Å². The normalized spacial score (nSPS) is 24.0. The van der Waals surface area contributed by atoms with Crippen LogP contribution in [0.3, 0.4) is 0 Å². The fraction of sp³-hybridized carbons (Fsp3) is 0.346. The van der Waals surface area contributed by atoms with E-state index in [1.807, 2.05) is 12.1 Å². The third-order valence-corrected chi connectivity index (χ3v) is 8.99. The predicted molar refractivity (Wildman–Crippen MR) is 128 cm³/mol. The maximum absolute atomic E-state index is 14.4. The summed E-state index contributed by atoms with van der Waals surface area (Å²) in [6.07, 6.45) is 5.03. The molecule has 0 spiro atoms. The van der Waals surface area contributed by atoms with Gasteiger partial charge in [0.25, 0.3) is 0 Å². The van der Waals surface area contributed by atoms with E-state index in [0.717, 1.165) is 29.7 Å². The number of nitrogens with zero attached hydrogens (tertiary/aromatic N) is 3. The van der Waals surface area contributed by atoms with E-state index in [0.29, 0.717) is 13.0 Å². The van der Waals surface area contributed by atoms with Crippen molar-refractivity contribution in [3.8, 4) is 11.1 Å². The first-order chi connectivity index (χ1) is 16.5. The number of hydrogen-bond acceptors (Lipinski definition) is 5. The molecule has 3 aromatic rings. The first-order valence-electron chi connectivity index (χ1n) is 11.6. The minimum atomic E-state index is -3.96. The minimum absolute atomic E-state index is 0.00656. The highest BCUT2D eigenvalue weighted by molar-refractivity contribution is 7.89. The van der Waals surface area contributed by atoms with Gasteiger partial charge in [-0.25, -0.2) is 12.8 Å². The number of sulfonamides is 1. The molecular formula is C26H28FN3O3S. The number of aliphatic hydroxyl groups is 1. The predicted octanol–water partition coefficient (Wildman–Crippen LogP) is 3.50. The van der Waals surface area contributed by atoms with Gasteiger partial charge in [0.05, 0.1) is 6.61 Å². The van der Waals surface area contributed by atoms with Crippen molar-refractivity contribution in [1.82, 2.24) is 14.2 Å². The molecule has 0 radical (unpaired) electrons. The van der Waals surface area contributed by atoms with Crippen LogP contribution >= 0.6 is 0 Å². The van der Waals surface area contributed by atoms with Gasteiger partial charge in [-0.3, -0.25) is 9.88 Å². The van der Waals surface area contributed by atoms with E-state index in [9.17, 15) is 17.9 Å². The van der Waals surface area contributed by atoms with Crippen LogP contribution in [0.1, 0.15) is 24.3 Å². The van der Waals surface area contributed by atoms with E-state index < -0.39 is 15.8 Å². The first kappa shape index (κ1) is 23.1. The first-order valence-corrected chi connectivity index (χ1v) is 13.1. The van der Waals surface area contributed by atoms with E-state index in [4.69, 9.17) is 0 Å². The zero-order valence-corrected chi connectivity index (χ0v) is 19.6. The summed E-state index contributed by atoms with van der Waals surface area (Å²) >= 11 is 0. The summed E-state index contributed by atoms with van der Waals surface area (Å²) in [6, 6.07) is 17.6. The van der Waals surface area contributed by atoms with Crippen molar-refractivity contribution >= 4 is 10.0 Å². The Morgan fingerprint density at radius 2 is 1.62 bits per heavy atom. The SMILES string of the molecule is O=S(=O)(c1ccccc1F)N1CCCCN2[C@@H](CO)[C@@H](c3ccc(-c4ccncc4)cc3)[C@@H]2C1. The molecule has 0 bridgehead atoms. The molecule has 8 heteroatoms. The van der Waals surface area contributed by atoms with Crippen LogP contribution < -0.4 is 0 Å². The third-order valence-electron chi connectivity index (χ3n) is 7.10. The molecule has 2 saturated heterocycles. The number of aromatic nitrogens is 1. The smallest absolute Gasteiger partial charge is 0.246 e. The highest BCUT2D eigenvalue weighted by Crippen LogP contribution is 2.43. The fourth-order valence-electron chi connectivity index (χ4n) is 5.36. The largest absolute Gasteiger partial charge is 0.395 e. The number of halogens is 1. The van der Waals surface area contributed by atoms with E-state index in [2.05, 4.69) is 34.1 Å². The van der Waals surface area contributed by atoms with E-state index in [-0.39, 0.29) is 36.0 Å². The Morgan fingerprint density at radius 1 is 0.941 bits per heavy atom. The standard InChI is InChI=1S/C26H28FN3O3S/c27-22-5-1-2-6-25(22)34(32,33)29-15-3-4-16-30-23(17-29)26(24(30)18-31)21-9-7-19(8-10-21)20-11-13-28-14-12-20/h1-2,5-14,23-24,26,31H,3-4,15-18H2/t23-,24-,26-/m0/s1. The van der Waals surface area contributed by atoms with Crippen molar-refractivity contribution in [3.63, 3.8) is 0 Å². The molecule has 2 aromatic carbocycles. The van der Waals surface area contributed by atoms with Crippen LogP contribution in [0, 0.1) is 5.82 Å². The second-order valence-corrected chi connectivity index (χ2v) is 10.8. The van der Waals surface area contributed by atoms with Crippen molar-refractivity contribution < 1.29 is 17.9 Å². The Bertz CT molecular complexity index is 1240. The zero-order chi connectivity index (χ0) is 23.7. The molecule has 2 fully saturated rings. The van der Waals surface area contributed by atoms with Crippen molar-refractivity contribution in [2.45, 2.75) is 35.7 Å². The number of aliphatic hydroxyl groups excluding tert-OH is 1. The lowest BCUT2D eigenvalue weighted by atomic mass is 9.74. The number of pyridine rings is 1. The Labute approximate surface area is 199 Å². The molecule has 178 valence electrons. The molecule has 1 N–H and O–H groups in total. The second kappa shape index (κ2) is 9.54. The maximum Gasteiger partial charge on any atom is 0.246 e. The van der Waals surface area contributed by atoms with Crippen molar-refractivity contribution in [2.24, 2.45) is 0 Å². The Balaban J connectivity index is 1.44. The van der Waals surface area contributed by atoms with Gasteiger partial charge in [-0.05, 0) is 60.3 Å². The van der Waals surface area contributed by atoms with Crippen LogP contribution in [-0.2, 0) is 10.0 Å². The third kappa shape index (κ3) is 4.15. The average molecular weight is 482 g/mol. The zero-order valence-electron chi connectivity index (χ0n) is 18.8. The molecule has 34 heavy (non-hydrogen) atoms. The number of benzene rings is 2. The van der Waals surface area contributed by atoms with Gasteiger partial charge in [0.2, 0.25) is 10.0 Å². The summed E-state index contributed by atoms with van der Waals surface area (Å²) in [5.74, 6) is -0.737. The van der Waals surface area contributed by atoms with Gasteiger partial charge in [-0.1, -0.05) is 36.4 Å². The van der Waals surface area contributed by atoms with Crippen LogP contribution in [0.5, 0.6) is 0 Å². The topological polar surface area (TPSA) is 73.7 Å². The second-order valence-electron chi connectivity index (χ2n) is 8.94. The van der Waals surface area contributed by atoms with Crippen LogP contribution in [-0.4, -0.2) is 66.0 Å². The molecule has 6 nitrogen and oxygen atoms in total. The monoisotopic (exact) mass is 481 g/mol. The van der Waals surface area contributed by atoms with Gasteiger partial charge in [-0.15, -0.1) is 0 Å². The summed E-state index contributed by atoms with van der Waals surface area (Å²) in [4.78, 5) is 6.00. The molecule has 0 saturated carbocycles. The molecule has 0 unspecified atom stereocenters. The highest BCUT2D eigenvalue weighted by Gasteiger charge is 2.50. The van der Waals surface area contributed by atoms with Gasteiger partial charge >= 0.3 is 0 Å². The van der Waals surface area contributed by atoms with Gasteiger partial charge in [0.1, 0.15) is 10.7 Å². The van der Waals surface area contributed by atoms with Crippen LogP contribution in [0.2, 0.25) is 0 Å². The molecule has 1 aromatic heterocycles. The summed E-state index contributed by atoms with van der Waals surface area (Å²) in [5, 5.41) is 10.2. The molecule has 0 amide bonds. The van der Waals surface area contributed by atoms with Crippen molar-refractivity contribution in [2.75, 3.05) is 26.2 Å². The van der Waals surface area contributed by atoms with Gasteiger partial charge in [-0.2, -0.15) is 4.31 Å². The van der Waals surface area contributed by atoms with Crippen molar-refractivity contribution in [3.05, 3.63) is 84.4 Å². The lowest BCUT2D eigenvalue weighted by molar-refractivity contribution is -0.0554. The number of hydrogen-bond donors (Lipinski definition) is 1. The Kier molecular flexibility index (Phi) is 6.48. The van der Waals surface area contributed by atoms with Crippen molar-refractivity contribution in [1.29, 1.82) is 0 Å². The average Bonchev–Trinajstić information content (AvgIpc) is 2.84. The maximum atomic E-state index is 14.4. The van der Waals surface area contributed by atoms with Gasteiger partial charge < -0.3 is 5.11 Å². The Hall–Kier alpha value is -2.65. The van der Waals surface area contributed by atoms with Crippen LogP contribution in [0.15, 0.2) is 78.0 Å². The van der Waals surface area contributed by atoms with E-state index >= 15 is 0 Å². The summed E-state index contributed by atoms with van der Waals surface area (Å²) < 4.78 is 42.5. The summed E-state index contributed by atoms with van der Waals surface area (Å²) in [7, 11) is -3.96. The summed E-state index contributed by atoms with van der Waals surface area (Å²) in [6.45, 7) is 1.45. The molecule has 5 rings (SSSR count). The molecular weight excluding hydrogens is 453 g/mol. The van der Waals surface area contributed by atoms with E-state index in [1.54, 1.807) is 18.5 Å². The molecule has 2 aliphatic heterocycles. The highest BCUT2D eigenvalue weighted by atomic mass is 32.2. The number of fused-ring (bicyclic) bond motifs is 1. The molecule has 3 heterocycles. The number of rotatable bonds is 5. The molecule has 0 aliphatic carbocycles. The summed E-state index contributed by atoms with van der Waals surface area (Å²) in [5.41, 5.74) is 3.22. The quantitative estimate of drug-likeness (QED) is 0.604. The van der Waals surface area contributed by atoms with Crippen LogP contribution in [0.25, 0.3) is 11.1 Å². The lowest BCUT2D eigenvalue weighted by Gasteiger charge is -2.57. The fourth-order valence-corrected chi connectivity index (χ4v) is 6.92. The van der Waals surface area contributed by atoms with Gasteiger partial charge in [0, 0.05) is 43.5 Å². The molecule has 3 atom stereocenters.